The number of nitrogens with one attached hydrogen (secondary N) is 1. The van der Waals surface area contributed by atoms with Crippen LogP contribution in [0.25, 0.3) is 10.4 Å². The van der Waals surface area contributed by atoms with E-state index in [1.54, 1.807) is 25.5 Å². The van der Waals surface area contributed by atoms with E-state index >= 15 is 0 Å². The van der Waals surface area contributed by atoms with Crippen LogP contribution in [0.15, 0.2) is 48.7 Å². The Labute approximate surface area is 265 Å². The molecule has 3 aromatic rings. The molecule has 1 heterocycles. The van der Waals surface area contributed by atoms with Gasteiger partial charge in [0.05, 0.1) is 17.0 Å². The van der Waals surface area contributed by atoms with Crippen molar-refractivity contribution in [3.63, 3.8) is 0 Å². The highest BCUT2D eigenvalue weighted by atomic mass is 32.1. The zero-order valence-electron chi connectivity index (χ0n) is 26.2. The number of anilines is 1. The Morgan fingerprint density at radius 2 is 1.70 bits per heavy atom. The molecule has 0 spiro atoms. The van der Waals surface area contributed by atoms with Crippen LogP contribution in [-0.2, 0) is 9.53 Å². The van der Waals surface area contributed by atoms with Crippen molar-refractivity contribution >= 4 is 29.0 Å². The molecule has 7 nitrogen and oxygen atoms in total. The van der Waals surface area contributed by atoms with Gasteiger partial charge in [0, 0.05) is 37.3 Å². The van der Waals surface area contributed by atoms with Gasteiger partial charge in [0.15, 0.2) is 0 Å². The smallest absolute Gasteiger partial charge is 0.407 e. The molecule has 234 valence electrons. The van der Waals surface area contributed by atoms with Crippen LogP contribution in [0.2, 0.25) is 0 Å². The predicted molar refractivity (Wildman–Crippen MR) is 176 cm³/mol. The van der Waals surface area contributed by atoms with E-state index < -0.39 is 6.09 Å². The van der Waals surface area contributed by atoms with E-state index in [-0.39, 0.29) is 17.9 Å². The number of alkyl carbamates (subject to hydrolysis) is 1. The Morgan fingerprint density at radius 1 is 0.955 bits per heavy atom. The molecular weight excluding hydrogens is 570 g/mol. The van der Waals surface area contributed by atoms with E-state index in [0.717, 1.165) is 74.9 Å². The van der Waals surface area contributed by atoms with Gasteiger partial charge in [-0.05, 0) is 118 Å². The summed E-state index contributed by atoms with van der Waals surface area (Å²) in [6.45, 7) is 2.85. The van der Waals surface area contributed by atoms with Crippen molar-refractivity contribution in [3.05, 3.63) is 64.8 Å². The lowest BCUT2D eigenvalue weighted by Gasteiger charge is -2.36. The van der Waals surface area contributed by atoms with Gasteiger partial charge in [-0.15, -0.1) is 11.3 Å². The molecule has 1 aromatic heterocycles. The van der Waals surface area contributed by atoms with Crippen LogP contribution >= 0.6 is 11.3 Å². The highest BCUT2D eigenvalue weighted by Gasteiger charge is 2.34. The summed E-state index contributed by atoms with van der Waals surface area (Å²) in [6, 6.07) is 15.1. The Balaban J connectivity index is 1.17. The molecule has 0 saturated heterocycles. The number of amides is 2. The average Bonchev–Trinajstić information content (AvgIpc) is 3.79. The minimum Gasteiger partial charge on any atom is -0.496 e. The molecule has 44 heavy (non-hydrogen) atoms. The third-order valence-electron chi connectivity index (χ3n) is 9.84. The maximum Gasteiger partial charge on any atom is 0.407 e. The molecular formula is C36H45N3O4S. The number of methoxy groups -OCH3 is 1. The molecule has 2 aromatic carbocycles. The lowest BCUT2D eigenvalue weighted by molar-refractivity contribution is -0.124. The van der Waals surface area contributed by atoms with E-state index in [4.69, 9.17) is 14.5 Å². The van der Waals surface area contributed by atoms with Crippen LogP contribution in [0.3, 0.4) is 0 Å². The molecule has 3 aliphatic carbocycles. The number of carbonyl (C=O) groups is 2. The van der Waals surface area contributed by atoms with E-state index in [2.05, 4.69) is 59.6 Å². The van der Waals surface area contributed by atoms with Crippen molar-refractivity contribution in [2.24, 2.45) is 11.8 Å². The number of hydrogen-bond acceptors (Lipinski definition) is 6. The molecule has 0 bridgehead atoms. The lowest BCUT2D eigenvalue weighted by atomic mass is 9.78. The van der Waals surface area contributed by atoms with Crippen molar-refractivity contribution in [2.75, 3.05) is 25.6 Å². The largest absolute Gasteiger partial charge is 0.496 e. The summed E-state index contributed by atoms with van der Waals surface area (Å²) in [5.41, 5.74) is 4.69. The Hall–Kier alpha value is -3.39. The number of rotatable bonds is 9. The van der Waals surface area contributed by atoms with Gasteiger partial charge in [-0.1, -0.05) is 24.3 Å². The Bertz CT molecular complexity index is 1450. The molecule has 0 radical (unpaired) electrons. The average molecular weight is 616 g/mol. The molecule has 3 fully saturated rings. The lowest BCUT2D eigenvalue weighted by Crippen LogP contribution is -2.42. The first-order valence-corrected chi connectivity index (χ1v) is 17.1. The SMILES string of the molecule is CNC(=O)O[C@H]1CC[C@H](C(=O)N(C[C@H]2CC[C@H](c3ccc(OC)c(C)c3)CC2)c2cccc(-c3cnc(C4CC4)s3)c2)CC1. The van der Waals surface area contributed by atoms with Crippen LogP contribution < -0.4 is 15.0 Å². The molecule has 1 N–H and O–H groups in total. The number of ether oxygens (including phenoxy) is 2. The fourth-order valence-corrected chi connectivity index (χ4v) is 8.12. The standard InChI is InChI=1S/C36H45N3O4S/c1-23-19-28(15-18-32(23)42-3)25-9-7-24(8-10-25)22-39(35(40)27-13-16-31(17-14-27)43-36(41)37-2)30-6-4-5-29(20-30)33-21-38-34(44-33)26-11-12-26/h4-6,15,18-21,24-27,31H,7-14,16-17,22H2,1-3H3,(H,37,41)/t24-,25-,27-,31-. The molecule has 3 aliphatic rings. The third-order valence-corrected chi connectivity index (χ3v) is 11.0. The highest BCUT2D eigenvalue weighted by Crippen LogP contribution is 2.44. The number of nitrogens with zero attached hydrogens (tertiary/aromatic N) is 2. The monoisotopic (exact) mass is 615 g/mol. The van der Waals surface area contributed by atoms with Gasteiger partial charge >= 0.3 is 6.09 Å². The Morgan fingerprint density at radius 3 is 2.39 bits per heavy atom. The summed E-state index contributed by atoms with van der Waals surface area (Å²) in [6.07, 6.45) is 11.3. The minimum atomic E-state index is -0.397. The molecule has 0 aliphatic heterocycles. The van der Waals surface area contributed by atoms with E-state index in [1.165, 1.54) is 33.9 Å². The number of hydrogen-bond donors (Lipinski definition) is 1. The zero-order valence-corrected chi connectivity index (χ0v) is 27.0. The van der Waals surface area contributed by atoms with E-state index in [9.17, 15) is 9.59 Å². The van der Waals surface area contributed by atoms with Crippen LogP contribution in [-0.4, -0.2) is 43.8 Å². The fourth-order valence-electron chi connectivity index (χ4n) is 7.04. The van der Waals surface area contributed by atoms with Crippen molar-refractivity contribution in [1.29, 1.82) is 0 Å². The van der Waals surface area contributed by atoms with Gasteiger partial charge < -0.3 is 19.7 Å². The summed E-state index contributed by atoms with van der Waals surface area (Å²) in [4.78, 5) is 34.0. The van der Waals surface area contributed by atoms with Crippen molar-refractivity contribution in [3.8, 4) is 16.2 Å². The van der Waals surface area contributed by atoms with Gasteiger partial charge in [0.25, 0.3) is 0 Å². The number of thiazole rings is 1. The van der Waals surface area contributed by atoms with Gasteiger partial charge in [-0.2, -0.15) is 0 Å². The number of aryl methyl sites for hydroxylation is 1. The second-order valence-corrected chi connectivity index (χ2v) is 14.0. The predicted octanol–water partition coefficient (Wildman–Crippen LogP) is 8.23. The van der Waals surface area contributed by atoms with Gasteiger partial charge in [-0.3, -0.25) is 4.79 Å². The van der Waals surface area contributed by atoms with E-state index in [1.807, 2.05) is 6.20 Å². The van der Waals surface area contributed by atoms with Crippen LogP contribution in [0.5, 0.6) is 5.75 Å². The Kier molecular flexibility index (Phi) is 9.55. The number of benzene rings is 2. The second-order valence-electron chi connectivity index (χ2n) is 12.9. The number of aromatic nitrogens is 1. The zero-order chi connectivity index (χ0) is 30.6. The first-order valence-electron chi connectivity index (χ1n) is 16.3. The normalized spacial score (nSPS) is 23.5. The molecule has 0 atom stereocenters. The van der Waals surface area contributed by atoms with Crippen molar-refractivity contribution < 1.29 is 19.1 Å². The quantitative estimate of drug-likeness (QED) is 0.262. The van der Waals surface area contributed by atoms with Crippen molar-refractivity contribution in [1.82, 2.24) is 10.3 Å². The van der Waals surface area contributed by atoms with Crippen LogP contribution in [0.1, 0.15) is 92.2 Å². The summed E-state index contributed by atoms with van der Waals surface area (Å²) < 4.78 is 11.0. The molecule has 0 unspecified atom stereocenters. The van der Waals surface area contributed by atoms with Gasteiger partial charge in [-0.25, -0.2) is 9.78 Å². The fraction of sp³-hybridized carbons (Fsp3) is 0.528. The van der Waals surface area contributed by atoms with Crippen molar-refractivity contribution in [2.45, 2.75) is 89.1 Å². The molecule has 2 amide bonds. The van der Waals surface area contributed by atoms with Crippen LogP contribution in [0, 0.1) is 18.8 Å². The van der Waals surface area contributed by atoms with Gasteiger partial charge in [0.2, 0.25) is 5.91 Å². The summed E-state index contributed by atoms with van der Waals surface area (Å²) in [5, 5.41) is 3.77. The maximum absolute atomic E-state index is 14.3. The first kappa shape index (κ1) is 30.6. The summed E-state index contributed by atoms with van der Waals surface area (Å²) >= 11 is 1.79. The van der Waals surface area contributed by atoms with Gasteiger partial charge in [0.1, 0.15) is 11.9 Å². The minimum absolute atomic E-state index is 0.0633. The number of carbonyl (C=O) groups excluding carboxylic acids is 2. The molecule has 8 heteroatoms. The first-order chi connectivity index (χ1) is 21.4. The van der Waals surface area contributed by atoms with E-state index in [0.29, 0.717) is 17.8 Å². The molecule has 6 rings (SSSR count). The topological polar surface area (TPSA) is 80.8 Å². The highest BCUT2D eigenvalue weighted by molar-refractivity contribution is 7.15. The summed E-state index contributed by atoms with van der Waals surface area (Å²) in [5.74, 6) is 2.72. The third kappa shape index (κ3) is 7.12. The summed E-state index contributed by atoms with van der Waals surface area (Å²) in [7, 11) is 3.30. The second kappa shape index (κ2) is 13.7. The molecule has 3 saturated carbocycles. The van der Waals surface area contributed by atoms with Crippen LogP contribution in [0.4, 0.5) is 10.5 Å². The maximum atomic E-state index is 14.3.